The molecule has 1 aliphatic heterocycles. The molecule has 0 bridgehead atoms. The Morgan fingerprint density at radius 3 is 2.62 bits per heavy atom. The van der Waals surface area contributed by atoms with E-state index in [0.29, 0.717) is 41.8 Å². The van der Waals surface area contributed by atoms with E-state index in [4.69, 9.17) is 16.2 Å². The van der Waals surface area contributed by atoms with Crippen molar-refractivity contribution in [3.8, 4) is 29.0 Å². The van der Waals surface area contributed by atoms with E-state index in [0.717, 1.165) is 38.4 Å². The van der Waals surface area contributed by atoms with Gasteiger partial charge >= 0.3 is 0 Å². The summed E-state index contributed by atoms with van der Waals surface area (Å²) in [4.78, 5) is 16.1. The van der Waals surface area contributed by atoms with Gasteiger partial charge in [-0.2, -0.15) is 10.5 Å². The molecule has 168 valence electrons. The molecule has 4 N–H and O–H groups in total. The summed E-state index contributed by atoms with van der Waals surface area (Å²) in [6.07, 6.45) is 1.82. The number of hydrogen-bond acceptors (Lipinski definition) is 10. The van der Waals surface area contributed by atoms with E-state index < -0.39 is 0 Å². The molecule has 5 rings (SSSR count). The fraction of sp³-hybridized carbons (Fsp3) is 0.208. The lowest BCUT2D eigenvalue weighted by molar-refractivity contribution is 0.329. The standard InChI is InChI=1S/C24H20N8OS/c1-12-5-14(15-7-19-23(29-10-15)34-24(28)30-19)6-16-11-32(3-4-33-20(12)16)22-18(9-26)13(2)17(8-25)21(27)31-22/h5-7,10H,3-4,11H2,1-2H3,(H2,27,31)(H2,28,30). The van der Waals surface area contributed by atoms with E-state index >= 15 is 0 Å². The molecule has 34 heavy (non-hydrogen) atoms. The zero-order valence-corrected chi connectivity index (χ0v) is 19.4. The monoisotopic (exact) mass is 468 g/mol. The molecular weight excluding hydrogens is 448 g/mol. The summed E-state index contributed by atoms with van der Waals surface area (Å²) < 4.78 is 6.10. The number of nitrogens with zero attached hydrogens (tertiary/aromatic N) is 6. The average Bonchev–Trinajstić information content (AvgIpc) is 3.04. The minimum absolute atomic E-state index is 0.117. The van der Waals surface area contributed by atoms with Crippen LogP contribution in [0.5, 0.6) is 5.75 Å². The van der Waals surface area contributed by atoms with Crippen LogP contribution in [-0.2, 0) is 6.54 Å². The second-order valence-corrected chi connectivity index (χ2v) is 9.08. The van der Waals surface area contributed by atoms with Crippen LogP contribution >= 0.6 is 11.3 Å². The highest BCUT2D eigenvalue weighted by Gasteiger charge is 2.24. The second-order valence-electron chi connectivity index (χ2n) is 8.07. The Bertz CT molecular complexity index is 1550. The van der Waals surface area contributed by atoms with Gasteiger partial charge in [0.05, 0.1) is 17.7 Å². The van der Waals surface area contributed by atoms with E-state index in [2.05, 4.69) is 33.2 Å². The lowest BCUT2D eigenvalue weighted by atomic mass is 9.99. The number of pyridine rings is 2. The summed E-state index contributed by atoms with van der Waals surface area (Å²) in [6.45, 7) is 5.13. The lowest BCUT2D eigenvalue weighted by Crippen LogP contribution is -2.28. The molecule has 9 nitrogen and oxygen atoms in total. The van der Waals surface area contributed by atoms with Gasteiger partial charge in [0.1, 0.15) is 46.5 Å². The third-order valence-electron chi connectivity index (χ3n) is 5.90. The van der Waals surface area contributed by atoms with Crippen molar-refractivity contribution in [1.29, 1.82) is 10.5 Å². The maximum absolute atomic E-state index is 9.81. The molecule has 0 spiro atoms. The summed E-state index contributed by atoms with van der Waals surface area (Å²) in [5.74, 6) is 1.39. The van der Waals surface area contributed by atoms with Crippen molar-refractivity contribution in [3.05, 3.63) is 52.2 Å². The molecule has 0 fully saturated rings. The zero-order chi connectivity index (χ0) is 24.0. The molecule has 1 aromatic carbocycles. The summed E-state index contributed by atoms with van der Waals surface area (Å²) >= 11 is 1.36. The van der Waals surface area contributed by atoms with E-state index in [-0.39, 0.29) is 11.4 Å². The number of benzene rings is 1. The molecule has 0 radical (unpaired) electrons. The van der Waals surface area contributed by atoms with Crippen LogP contribution in [0.25, 0.3) is 21.5 Å². The first kappa shape index (κ1) is 21.4. The zero-order valence-electron chi connectivity index (χ0n) is 18.6. The van der Waals surface area contributed by atoms with Crippen molar-refractivity contribution in [1.82, 2.24) is 15.0 Å². The Labute approximate surface area is 199 Å². The number of nitriles is 2. The minimum Gasteiger partial charge on any atom is -0.491 e. The van der Waals surface area contributed by atoms with Gasteiger partial charge in [-0.15, -0.1) is 0 Å². The Hall–Kier alpha value is -4.41. The SMILES string of the molecule is Cc1cc(-c2cnc3sc(N)nc3c2)cc2c1OCCN(c1nc(N)c(C#N)c(C)c1C#N)C2. The Kier molecular flexibility index (Phi) is 5.16. The summed E-state index contributed by atoms with van der Waals surface area (Å²) in [7, 11) is 0. The van der Waals surface area contributed by atoms with Crippen LogP contribution in [0.1, 0.15) is 27.8 Å². The molecule has 0 unspecified atom stereocenters. The van der Waals surface area contributed by atoms with E-state index in [9.17, 15) is 10.5 Å². The first-order valence-electron chi connectivity index (χ1n) is 10.5. The van der Waals surface area contributed by atoms with Crippen LogP contribution in [0.2, 0.25) is 0 Å². The highest BCUT2D eigenvalue weighted by Crippen LogP contribution is 2.36. The summed E-state index contributed by atoms with van der Waals surface area (Å²) in [6, 6.07) is 10.3. The number of aromatic nitrogens is 3. The molecule has 3 aromatic heterocycles. The highest BCUT2D eigenvalue weighted by atomic mass is 32.1. The summed E-state index contributed by atoms with van der Waals surface area (Å²) in [5, 5.41) is 19.7. The predicted molar refractivity (Wildman–Crippen MR) is 131 cm³/mol. The predicted octanol–water partition coefficient (Wildman–Crippen LogP) is 3.68. The van der Waals surface area contributed by atoms with E-state index in [1.165, 1.54) is 11.3 Å². The van der Waals surface area contributed by atoms with Gasteiger partial charge in [0.2, 0.25) is 0 Å². The molecule has 10 heteroatoms. The van der Waals surface area contributed by atoms with Crippen molar-refractivity contribution in [2.24, 2.45) is 0 Å². The van der Waals surface area contributed by atoms with Crippen LogP contribution in [0.3, 0.4) is 0 Å². The van der Waals surface area contributed by atoms with Gasteiger partial charge in [-0.25, -0.2) is 15.0 Å². The van der Waals surface area contributed by atoms with Crippen molar-refractivity contribution in [2.75, 3.05) is 29.5 Å². The Morgan fingerprint density at radius 1 is 1.06 bits per heavy atom. The van der Waals surface area contributed by atoms with Gasteiger partial charge in [0.25, 0.3) is 0 Å². The van der Waals surface area contributed by atoms with Crippen LogP contribution in [0.15, 0.2) is 24.4 Å². The quantitative estimate of drug-likeness (QED) is 0.449. The van der Waals surface area contributed by atoms with Gasteiger partial charge in [-0.05, 0) is 48.7 Å². The van der Waals surface area contributed by atoms with Crippen LogP contribution < -0.4 is 21.1 Å². The highest BCUT2D eigenvalue weighted by molar-refractivity contribution is 7.21. The second kappa shape index (κ2) is 8.18. The molecule has 0 aliphatic carbocycles. The number of nitrogens with two attached hydrogens (primary N) is 2. The summed E-state index contributed by atoms with van der Waals surface area (Å²) in [5.41, 5.74) is 17.6. The number of nitrogen functional groups attached to an aromatic ring is 2. The fourth-order valence-corrected chi connectivity index (χ4v) is 4.93. The topological polar surface area (TPSA) is 151 Å². The number of fused-ring (bicyclic) bond motifs is 2. The first-order chi connectivity index (χ1) is 16.4. The van der Waals surface area contributed by atoms with E-state index in [1.807, 2.05) is 30.2 Å². The number of ether oxygens (including phenoxy) is 1. The van der Waals surface area contributed by atoms with Crippen molar-refractivity contribution < 1.29 is 4.74 Å². The number of hydrogen-bond donors (Lipinski definition) is 2. The Morgan fingerprint density at radius 2 is 1.85 bits per heavy atom. The number of anilines is 3. The van der Waals surface area contributed by atoms with Crippen molar-refractivity contribution in [2.45, 2.75) is 20.4 Å². The number of rotatable bonds is 2. The average molecular weight is 469 g/mol. The van der Waals surface area contributed by atoms with Gasteiger partial charge in [0.15, 0.2) is 5.13 Å². The van der Waals surface area contributed by atoms with Crippen LogP contribution in [0.4, 0.5) is 16.8 Å². The normalized spacial score (nSPS) is 13.0. The molecule has 0 saturated heterocycles. The van der Waals surface area contributed by atoms with Crippen molar-refractivity contribution >= 4 is 38.5 Å². The lowest BCUT2D eigenvalue weighted by Gasteiger charge is -2.23. The first-order valence-corrected chi connectivity index (χ1v) is 11.3. The molecule has 0 atom stereocenters. The third-order valence-corrected chi connectivity index (χ3v) is 6.71. The molecule has 1 aliphatic rings. The Balaban J connectivity index is 1.59. The van der Waals surface area contributed by atoms with Crippen LogP contribution in [-0.4, -0.2) is 28.1 Å². The number of aryl methyl sites for hydroxylation is 1. The van der Waals surface area contributed by atoms with E-state index in [1.54, 1.807) is 6.92 Å². The molecule has 4 aromatic rings. The minimum atomic E-state index is 0.117. The van der Waals surface area contributed by atoms with Gasteiger partial charge in [-0.3, -0.25) is 0 Å². The molecule has 0 saturated carbocycles. The molecular formula is C24H20N8OS. The molecule has 0 amide bonds. The van der Waals surface area contributed by atoms with Gasteiger partial charge in [0, 0.05) is 23.9 Å². The van der Waals surface area contributed by atoms with Gasteiger partial charge in [-0.1, -0.05) is 11.3 Å². The maximum Gasteiger partial charge on any atom is 0.182 e. The largest absolute Gasteiger partial charge is 0.491 e. The fourth-order valence-electron chi connectivity index (χ4n) is 4.27. The van der Waals surface area contributed by atoms with Crippen molar-refractivity contribution in [3.63, 3.8) is 0 Å². The van der Waals surface area contributed by atoms with Gasteiger partial charge < -0.3 is 21.1 Å². The maximum atomic E-state index is 9.81. The smallest absolute Gasteiger partial charge is 0.182 e. The van der Waals surface area contributed by atoms with Crippen LogP contribution in [0, 0.1) is 36.5 Å². The third kappa shape index (κ3) is 3.51. The molecule has 4 heterocycles. The number of thiazole rings is 1.